The van der Waals surface area contributed by atoms with Gasteiger partial charge < -0.3 is 15.4 Å². The number of benzene rings is 2. The maximum Gasteiger partial charge on any atom is 0.242 e. The Labute approximate surface area is 148 Å². The molecule has 0 fully saturated rings. The predicted octanol–water partition coefficient (Wildman–Crippen LogP) is 4.12. The summed E-state index contributed by atoms with van der Waals surface area (Å²) < 4.78 is 18.6. The topological polar surface area (TPSA) is 50.4 Å². The van der Waals surface area contributed by atoms with Gasteiger partial charge in [0.1, 0.15) is 24.2 Å². The van der Waals surface area contributed by atoms with E-state index in [9.17, 15) is 9.18 Å². The summed E-state index contributed by atoms with van der Waals surface area (Å²) in [7, 11) is 0. The van der Waals surface area contributed by atoms with E-state index in [4.69, 9.17) is 4.74 Å². The summed E-state index contributed by atoms with van der Waals surface area (Å²) in [5.74, 6) is 0.348. The fraction of sp³-hybridized carbons (Fsp3) is 0.350. The zero-order valence-corrected chi connectivity index (χ0v) is 15.1. The number of anilines is 1. The van der Waals surface area contributed by atoms with Crippen molar-refractivity contribution in [1.82, 2.24) is 5.32 Å². The minimum absolute atomic E-state index is 0.0647. The van der Waals surface area contributed by atoms with Crippen molar-refractivity contribution in [1.29, 1.82) is 0 Å². The zero-order chi connectivity index (χ0) is 18.4. The van der Waals surface area contributed by atoms with Crippen LogP contribution in [0.15, 0.2) is 48.5 Å². The van der Waals surface area contributed by atoms with Crippen LogP contribution in [0.4, 0.5) is 10.1 Å². The van der Waals surface area contributed by atoms with E-state index in [1.807, 2.05) is 52.0 Å². The number of nitrogens with one attached hydrogen (secondary N) is 2. The zero-order valence-electron chi connectivity index (χ0n) is 15.1. The molecule has 2 aromatic carbocycles. The monoisotopic (exact) mass is 344 g/mol. The molecular formula is C20H25FN2O2. The molecule has 2 rings (SSSR count). The van der Waals surface area contributed by atoms with Crippen molar-refractivity contribution in [3.8, 4) is 5.75 Å². The lowest BCUT2D eigenvalue weighted by atomic mass is 10.1. The van der Waals surface area contributed by atoms with Crippen LogP contribution in [0.5, 0.6) is 5.75 Å². The molecule has 0 spiro atoms. The smallest absolute Gasteiger partial charge is 0.242 e. The summed E-state index contributed by atoms with van der Waals surface area (Å²) >= 11 is 0. The fourth-order valence-corrected chi connectivity index (χ4v) is 2.22. The lowest BCUT2D eigenvalue weighted by molar-refractivity contribution is -0.122. The molecule has 1 amide bonds. The highest BCUT2D eigenvalue weighted by Crippen LogP contribution is 2.19. The summed E-state index contributed by atoms with van der Waals surface area (Å²) in [6, 6.07) is 13.2. The van der Waals surface area contributed by atoms with Crippen LogP contribution in [0.25, 0.3) is 0 Å². The van der Waals surface area contributed by atoms with Gasteiger partial charge in [0.2, 0.25) is 5.91 Å². The minimum atomic E-state index is -0.369. The third kappa shape index (κ3) is 6.45. The molecule has 25 heavy (non-hydrogen) atoms. The summed E-state index contributed by atoms with van der Waals surface area (Å²) in [5, 5.41) is 6.11. The summed E-state index contributed by atoms with van der Waals surface area (Å²) in [6.45, 7) is 8.00. The molecule has 5 heteroatoms. The number of rotatable bonds is 6. The van der Waals surface area contributed by atoms with Crippen LogP contribution >= 0.6 is 0 Å². The molecule has 0 aliphatic heterocycles. The van der Waals surface area contributed by atoms with Crippen molar-refractivity contribution in [2.75, 3.05) is 5.32 Å². The van der Waals surface area contributed by atoms with E-state index in [1.165, 1.54) is 12.1 Å². The van der Waals surface area contributed by atoms with E-state index in [0.717, 1.165) is 11.3 Å². The molecule has 0 aliphatic rings. The molecule has 0 saturated carbocycles. The molecule has 0 saturated heterocycles. The van der Waals surface area contributed by atoms with Crippen molar-refractivity contribution in [3.63, 3.8) is 0 Å². The first-order chi connectivity index (χ1) is 11.7. The second-order valence-corrected chi connectivity index (χ2v) is 7.05. The van der Waals surface area contributed by atoms with Gasteiger partial charge in [0.05, 0.1) is 0 Å². The number of halogens is 1. The highest BCUT2D eigenvalue weighted by atomic mass is 19.1. The minimum Gasteiger partial charge on any atom is -0.489 e. The van der Waals surface area contributed by atoms with Gasteiger partial charge in [-0.1, -0.05) is 18.2 Å². The summed E-state index contributed by atoms with van der Waals surface area (Å²) in [6.07, 6.45) is 0. The SMILES string of the molecule is C[C@@H](Nc1cccc(OCc2ccc(F)cc2)c1)C(=O)NC(C)(C)C. The van der Waals surface area contributed by atoms with Gasteiger partial charge in [-0.15, -0.1) is 0 Å². The number of carbonyl (C=O) groups is 1. The van der Waals surface area contributed by atoms with Crippen LogP contribution in [0, 0.1) is 5.82 Å². The molecule has 0 radical (unpaired) electrons. The largest absolute Gasteiger partial charge is 0.489 e. The number of ether oxygens (including phenoxy) is 1. The molecule has 0 heterocycles. The lowest BCUT2D eigenvalue weighted by Gasteiger charge is -2.24. The standard InChI is InChI=1S/C20H25FN2O2/c1-14(19(24)23-20(2,3)4)22-17-6-5-7-18(12-17)25-13-15-8-10-16(21)11-9-15/h5-12,14,22H,13H2,1-4H3,(H,23,24)/t14-/m1/s1. The molecular weight excluding hydrogens is 319 g/mol. The molecule has 0 aliphatic carbocycles. The number of carbonyl (C=O) groups excluding carboxylic acids is 1. The van der Waals surface area contributed by atoms with Crippen LogP contribution < -0.4 is 15.4 Å². The summed E-state index contributed by atoms with van der Waals surface area (Å²) in [5.41, 5.74) is 1.42. The molecule has 1 atom stereocenters. The van der Waals surface area contributed by atoms with Crippen molar-refractivity contribution in [2.45, 2.75) is 45.9 Å². The van der Waals surface area contributed by atoms with Crippen molar-refractivity contribution in [2.24, 2.45) is 0 Å². The quantitative estimate of drug-likeness (QED) is 0.829. The Hall–Kier alpha value is -2.56. The lowest BCUT2D eigenvalue weighted by Crippen LogP contribution is -2.47. The van der Waals surface area contributed by atoms with Crippen molar-refractivity contribution >= 4 is 11.6 Å². The maximum atomic E-state index is 12.9. The van der Waals surface area contributed by atoms with E-state index >= 15 is 0 Å². The van der Waals surface area contributed by atoms with Crippen LogP contribution in [0.1, 0.15) is 33.3 Å². The molecule has 2 N–H and O–H groups in total. The Morgan fingerprint density at radius 2 is 1.84 bits per heavy atom. The predicted molar refractivity (Wildman–Crippen MR) is 98.2 cm³/mol. The molecule has 134 valence electrons. The third-order valence-corrected chi connectivity index (χ3v) is 3.43. The average Bonchev–Trinajstić information content (AvgIpc) is 2.53. The van der Waals surface area contributed by atoms with Gasteiger partial charge in [-0.05, 0) is 57.5 Å². The Morgan fingerprint density at radius 1 is 1.16 bits per heavy atom. The van der Waals surface area contributed by atoms with E-state index in [2.05, 4.69) is 10.6 Å². The summed E-state index contributed by atoms with van der Waals surface area (Å²) in [4.78, 5) is 12.2. The second kappa shape index (κ2) is 8.01. The molecule has 0 bridgehead atoms. The Morgan fingerprint density at radius 3 is 2.48 bits per heavy atom. The van der Waals surface area contributed by atoms with Gasteiger partial charge in [-0.3, -0.25) is 4.79 Å². The highest BCUT2D eigenvalue weighted by Gasteiger charge is 2.19. The number of amides is 1. The molecule has 2 aromatic rings. The third-order valence-electron chi connectivity index (χ3n) is 3.43. The van der Waals surface area contributed by atoms with Gasteiger partial charge in [0.15, 0.2) is 0 Å². The van der Waals surface area contributed by atoms with Gasteiger partial charge in [0.25, 0.3) is 0 Å². The van der Waals surface area contributed by atoms with Crippen LogP contribution in [0.2, 0.25) is 0 Å². The van der Waals surface area contributed by atoms with Gasteiger partial charge in [-0.25, -0.2) is 4.39 Å². The molecule has 4 nitrogen and oxygen atoms in total. The molecule has 0 aromatic heterocycles. The van der Waals surface area contributed by atoms with E-state index in [0.29, 0.717) is 12.4 Å². The number of hydrogen-bond donors (Lipinski definition) is 2. The highest BCUT2D eigenvalue weighted by molar-refractivity contribution is 5.84. The van der Waals surface area contributed by atoms with Crippen LogP contribution in [-0.4, -0.2) is 17.5 Å². The Bertz CT molecular complexity index is 708. The van der Waals surface area contributed by atoms with Crippen molar-refractivity contribution in [3.05, 3.63) is 59.9 Å². The van der Waals surface area contributed by atoms with E-state index in [1.54, 1.807) is 12.1 Å². The fourth-order valence-electron chi connectivity index (χ4n) is 2.22. The van der Waals surface area contributed by atoms with Gasteiger partial charge in [0, 0.05) is 17.3 Å². The molecule has 0 unspecified atom stereocenters. The normalized spacial score (nSPS) is 12.4. The first-order valence-electron chi connectivity index (χ1n) is 8.29. The Kier molecular flexibility index (Phi) is 6.02. The second-order valence-electron chi connectivity index (χ2n) is 7.05. The van der Waals surface area contributed by atoms with E-state index in [-0.39, 0.29) is 23.3 Å². The van der Waals surface area contributed by atoms with Crippen molar-refractivity contribution < 1.29 is 13.9 Å². The van der Waals surface area contributed by atoms with Gasteiger partial charge in [-0.2, -0.15) is 0 Å². The first kappa shape index (κ1) is 18.8. The Balaban J connectivity index is 1.94. The average molecular weight is 344 g/mol. The first-order valence-corrected chi connectivity index (χ1v) is 8.29. The number of hydrogen-bond acceptors (Lipinski definition) is 3. The van der Waals surface area contributed by atoms with E-state index < -0.39 is 0 Å². The van der Waals surface area contributed by atoms with Crippen LogP contribution in [0.3, 0.4) is 0 Å². The maximum absolute atomic E-state index is 12.9. The van der Waals surface area contributed by atoms with Gasteiger partial charge >= 0.3 is 0 Å². The van der Waals surface area contributed by atoms with Crippen LogP contribution in [-0.2, 0) is 11.4 Å².